The molecule has 2 aliphatic rings. The minimum atomic E-state index is -3.19. The predicted octanol–water partition coefficient (Wildman–Crippen LogP) is 0.708. The first kappa shape index (κ1) is 15.6. The number of carbonyl (C=O) groups excluding carboxylic acids is 1. The molecule has 0 aromatic carbocycles. The summed E-state index contributed by atoms with van der Waals surface area (Å²) in [5, 5.41) is 2.30. The molecule has 2 amide bonds. The molecule has 1 N–H and O–H groups in total. The van der Waals surface area contributed by atoms with E-state index in [0.717, 1.165) is 6.42 Å². The molecule has 2 rings (SSSR count). The van der Waals surface area contributed by atoms with Crippen molar-refractivity contribution in [1.29, 1.82) is 0 Å². The first-order valence-corrected chi connectivity index (χ1v) is 8.82. The molecule has 2 heterocycles. The van der Waals surface area contributed by atoms with Gasteiger partial charge in [0.2, 0.25) is 10.0 Å². The summed E-state index contributed by atoms with van der Waals surface area (Å²) in [6, 6.07) is -0.110. The number of carbonyl (C=O) groups is 1. The summed E-state index contributed by atoms with van der Waals surface area (Å²) < 4.78 is 26.8. The highest BCUT2D eigenvalue weighted by Gasteiger charge is 2.47. The van der Waals surface area contributed by atoms with Crippen LogP contribution in [0.1, 0.15) is 26.7 Å². The molecule has 116 valence electrons. The monoisotopic (exact) mass is 303 g/mol. The molecule has 7 heteroatoms. The van der Waals surface area contributed by atoms with Crippen molar-refractivity contribution in [3.05, 3.63) is 0 Å². The topological polar surface area (TPSA) is 69.7 Å². The molecular formula is C13H25N3O3S. The van der Waals surface area contributed by atoms with E-state index in [2.05, 4.69) is 5.32 Å². The number of hydrogen-bond acceptors (Lipinski definition) is 3. The maximum Gasteiger partial charge on any atom is 0.317 e. The molecule has 0 radical (unpaired) electrons. The lowest BCUT2D eigenvalue weighted by Gasteiger charge is -2.22. The van der Waals surface area contributed by atoms with Crippen LogP contribution in [0.25, 0.3) is 0 Å². The molecule has 0 bridgehead atoms. The van der Waals surface area contributed by atoms with Crippen LogP contribution in [0.15, 0.2) is 0 Å². The van der Waals surface area contributed by atoms with Gasteiger partial charge in [-0.15, -0.1) is 0 Å². The minimum Gasteiger partial charge on any atom is -0.341 e. The average Bonchev–Trinajstić information content (AvgIpc) is 2.56. The maximum absolute atomic E-state index is 12.6. The van der Waals surface area contributed by atoms with Gasteiger partial charge < -0.3 is 10.2 Å². The molecule has 20 heavy (non-hydrogen) atoms. The van der Waals surface area contributed by atoms with Gasteiger partial charge in [0.25, 0.3) is 0 Å². The molecule has 6 nitrogen and oxygen atoms in total. The molecule has 0 spiro atoms. The summed E-state index contributed by atoms with van der Waals surface area (Å²) in [5.74, 6) is 0.503. The summed E-state index contributed by atoms with van der Waals surface area (Å²) in [6.07, 6.45) is 1.32. The van der Waals surface area contributed by atoms with Crippen LogP contribution >= 0.6 is 0 Å². The van der Waals surface area contributed by atoms with Gasteiger partial charge in [0.1, 0.15) is 0 Å². The van der Waals surface area contributed by atoms with E-state index in [1.165, 1.54) is 0 Å². The second-order valence-electron chi connectivity index (χ2n) is 6.17. The van der Waals surface area contributed by atoms with Gasteiger partial charge >= 0.3 is 6.03 Å². The third-order valence-corrected chi connectivity index (χ3v) is 6.63. The third kappa shape index (κ3) is 2.93. The summed E-state index contributed by atoms with van der Waals surface area (Å²) >= 11 is 0. The number of fused-ring (bicyclic) bond motifs is 1. The van der Waals surface area contributed by atoms with Gasteiger partial charge in [-0.3, -0.25) is 0 Å². The van der Waals surface area contributed by atoms with Crippen LogP contribution in [-0.2, 0) is 10.0 Å². The zero-order valence-corrected chi connectivity index (χ0v) is 13.3. The van der Waals surface area contributed by atoms with Crippen molar-refractivity contribution in [1.82, 2.24) is 14.5 Å². The second kappa shape index (κ2) is 5.89. The van der Waals surface area contributed by atoms with E-state index < -0.39 is 10.0 Å². The second-order valence-corrected chi connectivity index (χ2v) is 8.33. The molecule has 2 fully saturated rings. The smallest absolute Gasteiger partial charge is 0.317 e. The maximum atomic E-state index is 12.6. The van der Waals surface area contributed by atoms with Crippen LogP contribution in [0.3, 0.4) is 0 Å². The molecule has 2 aliphatic heterocycles. The van der Waals surface area contributed by atoms with Crippen molar-refractivity contribution in [2.45, 2.75) is 31.9 Å². The largest absolute Gasteiger partial charge is 0.341 e. The highest BCUT2D eigenvalue weighted by molar-refractivity contribution is 7.90. The van der Waals surface area contributed by atoms with Crippen LogP contribution < -0.4 is 5.32 Å². The quantitative estimate of drug-likeness (QED) is 0.817. The van der Waals surface area contributed by atoms with E-state index >= 15 is 0 Å². The molecule has 2 atom stereocenters. The number of likely N-dealkylation sites (tertiary alicyclic amines) is 1. The van der Waals surface area contributed by atoms with Crippen molar-refractivity contribution < 1.29 is 13.2 Å². The minimum absolute atomic E-state index is 0.110. The van der Waals surface area contributed by atoms with Crippen LogP contribution in [0.4, 0.5) is 4.79 Å². The van der Waals surface area contributed by atoms with Crippen LogP contribution in [0.2, 0.25) is 0 Å². The fourth-order valence-electron chi connectivity index (χ4n) is 3.24. The van der Waals surface area contributed by atoms with Crippen LogP contribution in [0, 0.1) is 11.8 Å². The van der Waals surface area contributed by atoms with E-state index in [4.69, 9.17) is 0 Å². The SMILES string of the molecule is CNC(=O)N1CC[C@H]2CN(CC(C)C)S(=O)(=O)[C@H]2CC1. The van der Waals surface area contributed by atoms with Gasteiger partial charge in [0.05, 0.1) is 5.25 Å². The number of urea groups is 1. The van der Waals surface area contributed by atoms with E-state index in [1.807, 2.05) is 13.8 Å². The van der Waals surface area contributed by atoms with Gasteiger partial charge in [-0.05, 0) is 24.7 Å². The standard InChI is InChI=1S/C13H25N3O3S/c1-10(2)8-16-9-11-4-6-15(13(17)14-3)7-5-12(11)20(16,18)19/h10-12H,4-9H2,1-3H3,(H,14,17)/t11-,12-/m0/s1. The van der Waals surface area contributed by atoms with Crippen molar-refractivity contribution in [3.8, 4) is 0 Å². The lowest BCUT2D eigenvalue weighted by Crippen LogP contribution is -2.40. The predicted molar refractivity (Wildman–Crippen MR) is 77.9 cm³/mol. The van der Waals surface area contributed by atoms with E-state index in [0.29, 0.717) is 38.5 Å². The number of rotatable bonds is 2. The zero-order chi connectivity index (χ0) is 14.9. The Bertz CT molecular complexity index is 463. The Morgan fingerprint density at radius 1 is 1.30 bits per heavy atom. The zero-order valence-electron chi connectivity index (χ0n) is 12.5. The molecule has 0 aliphatic carbocycles. The summed E-state index contributed by atoms with van der Waals surface area (Å²) in [4.78, 5) is 13.4. The molecule has 2 saturated heterocycles. The normalized spacial score (nSPS) is 30.1. The Hall–Kier alpha value is -0.820. The van der Waals surface area contributed by atoms with Crippen LogP contribution in [-0.4, -0.2) is 62.1 Å². The fourth-order valence-corrected chi connectivity index (χ4v) is 5.64. The van der Waals surface area contributed by atoms with Gasteiger partial charge in [-0.25, -0.2) is 17.5 Å². The summed E-state index contributed by atoms with van der Waals surface area (Å²) in [7, 11) is -1.58. The molecule has 0 aromatic heterocycles. The molecule has 0 unspecified atom stereocenters. The van der Waals surface area contributed by atoms with E-state index in [9.17, 15) is 13.2 Å². The lowest BCUT2D eigenvalue weighted by atomic mass is 10.0. The lowest BCUT2D eigenvalue weighted by molar-refractivity contribution is 0.200. The third-order valence-electron chi connectivity index (χ3n) is 4.23. The highest BCUT2D eigenvalue weighted by Crippen LogP contribution is 2.34. The first-order valence-electron chi connectivity index (χ1n) is 7.32. The molecule has 0 saturated carbocycles. The van der Waals surface area contributed by atoms with E-state index in [1.54, 1.807) is 16.3 Å². The summed E-state index contributed by atoms with van der Waals surface area (Å²) in [5.41, 5.74) is 0. The first-order chi connectivity index (χ1) is 9.36. The number of hydrogen-bond donors (Lipinski definition) is 1. The van der Waals surface area contributed by atoms with Gasteiger partial charge in [0, 0.05) is 33.2 Å². The van der Waals surface area contributed by atoms with Crippen molar-refractivity contribution in [2.24, 2.45) is 11.8 Å². The number of sulfonamides is 1. The average molecular weight is 303 g/mol. The number of nitrogens with one attached hydrogen (secondary N) is 1. The Balaban J connectivity index is 2.09. The Kier molecular flexibility index (Phi) is 4.59. The molecular weight excluding hydrogens is 278 g/mol. The van der Waals surface area contributed by atoms with Gasteiger partial charge in [-0.1, -0.05) is 13.8 Å². The highest BCUT2D eigenvalue weighted by atomic mass is 32.2. The Morgan fingerprint density at radius 2 is 1.95 bits per heavy atom. The Labute approximate surface area is 121 Å². The fraction of sp³-hybridized carbons (Fsp3) is 0.923. The van der Waals surface area contributed by atoms with Gasteiger partial charge in [-0.2, -0.15) is 0 Å². The van der Waals surface area contributed by atoms with Crippen molar-refractivity contribution >= 4 is 16.1 Å². The van der Waals surface area contributed by atoms with Crippen molar-refractivity contribution in [3.63, 3.8) is 0 Å². The summed E-state index contributed by atoms with van der Waals surface area (Å²) in [6.45, 7) is 6.47. The van der Waals surface area contributed by atoms with E-state index in [-0.39, 0.29) is 17.2 Å². The Morgan fingerprint density at radius 3 is 2.55 bits per heavy atom. The molecule has 0 aromatic rings. The van der Waals surface area contributed by atoms with Gasteiger partial charge in [0.15, 0.2) is 0 Å². The van der Waals surface area contributed by atoms with Crippen LogP contribution in [0.5, 0.6) is 0 Å². The number of nitrogens with zero attached hydrogens (tertiary/aromatic N) is 2. The van der Waals surface area contributed by atoms with Crippen molar-refractivity contribution in [2.75, 3.05) is 33.2 Å². The number of amides is 2.